The zero-order valence-corrected chi connectivity index (χ0v) is 9.25. The molecule has 1 rings (SSSR count). The quantitative estimate of drug-likeness (QED) is 0.733. The van der Waals surface area contributed by atoms with Crippen molar-refractivity contribution in [3.63, 3.8) is 0 Å². The van der Waals surface area contributed by atoms with Gasteiger partial charge in [-0.15, -0.1) is 0 Å². The van der Waals surface area contributed by atoms with Crippen LogP contribution in [0.25, 0.3) is 6.08 Å². The molecule has 1 aromatic carbocycles. The summed E-state index contributed by atoms with van der Waals surface area (Å²) in [5.41, 5.74) is 1.18. The van der Waals surface area contributed by atoms with Gasteiger partial charge >= 0.3 is 0 Å². The number of ether oxygens (including phenoxy) is 1. The van der Waals surface area contributed by atoms with Crippen LogP contribution in [-0.4, -0.2) is 12.4 Å². The van der Waals surface area contributed by atoms with Crippen LogP contribution < -0.4 is 4.74 Å². The van der Waals surface area contributed by atoms with Crippen molar-refractivity contribution in [2.24, 2.45) is 0 Å². The van der Waals surface area contributed by atoms with Gasteiger partial charge in [-0.3, -0.25) is 0 Å². The zero-order chi connectivity index (χ0) is 9.52. The standard InChI is InChI=1S/C11H13BrO/c1-13-11-7-4-6-10(9-11)5-2-3-8-12/h2,4-7,9H,3,8H2,1H3/b5-2+. The van der Waals surface area contributed by atoms with Crippen molar-refractivity contribution in [2.45, 2.75) is 6.42 Å². The van der Waals surface area contributed by atoms with Gasteiger partial charge in [0.25, 0.3) is 0 Å². The maximum absolute atomic E-state index is 5.12. The minimum absolute atomic E-state index is 0.904. The lowest BCUT2D eigenvalue weighted by Gasteiger charge is -1.99. The average molecular weight is 241 g/mol. The number of rotatable bonds is 4. The summed E-state index contributed by atoms with van der Waals surface area (Å²) < 4.78 is 5.12. The first kappa shape index (κ1) is 10.3. The van der Waals surface area contributed by atoms with Crippen LogP contribution in [0.5, 0.6) is 5.75 Å². The van der Waals surface area contributed by atoms with Gasteiger partial charge in [-0.05, 0) is 24.1 Å². The van der Waals surface area contributed by atoms with Crippen LogP contribution in [0.1, 0.15) is 12.0 Å². The number of allylic oxidation sites excluding steroid dienone is 1. The van der Waals surface area contributed by atoms with Gasteiger partial charge in [-0.2, -0.15) is 0 Å². The van der Waals surface area contributed by atoms with Gasteiger partial charge in [0.05, 0.1) is 7.11 Å². The van der Waals surface area contributed by atoms with Gasteiger partial charge < -0.3 is 4.74 Å². The van der Waals surface area contributed by atoms with E-state index in [1.807, 2.05) is 18.2 Å². The highest BCUT2D eigenvalue weighted by Crippen LogP contribution is 2.13. The molecule has 0 unspecified atom stereocenters. The minimum Gasteiger partial charge on any atom is -0.497 e. The Labute approximate surface area is 87.5 Å². The fourth-order valence-electron chi connectivity index (χ4n) is 1.03. The Balaban J connectivity index is 2.66. The number of methoxy groups -OCH3 is 1. The van der Waals surface area contributed by atoms with E-state index in [0.29, 0.717) is 0 Å². The lowest BCUT2D eigenvalue weighted by Crippen LogP contribution is -1.82. The summed E-state index contributed by atoms with van der Waals surface area (Å²) in [5.74, 6) is 0.904. The first-order valence-corrected chi connectivity index (χ1v) is 5.35. The van der Waals surface area contributed by atoms with Crippen molar-refractivity contribution in [3.05, 3.63) is 35.9 Å². The average Bonchev–Trinajstić information content (AvgIpc) is 2.19. The molecule has 13 heavy (non-hydrogen) atoms. The van der Waals surface area contributed by atoms with Crippen LogP contribution in [-0.2, 0) is 0 Å². The Morgan fingerprint density at radius 3 is 3.00 bits per heavy atom. The van der Waals surface area contributed by atoms with Gasteiger partial charge in [0, 0.05) is 5.33 Å². The Kier molecular flexibility index (Phi) is 4.61. The SMILES string of the molecule is COc1cccc(/C=C/CCBr)c1. The van der Waals surface area contributed by atoms with Crippen LogP contribution in [0.2, 0.25) is 0 Å². The minimum atomic E-state index is 0.904. The van der Waals surface area contributed by atoms with Crippen LogP contribution in [0.4, 0.5) is 0 Å². The second-order valence-electron chi connectivity index (χ2n) is 2.66. The van der Waals surface area contributed by atoms with E-state index < -0.39 is 0 Å². The molecule has 0 fully saturated rings. The number of hydrogen-bond donors (Lipinski definition) is 0. The predicted octanol–water partition coefficient (Wildman–Crippen LogP) is 3.49. The second-order valence-corrected chi connectivity index (χ2v) is 3.45. The van der Waals surface area contributed by atoms with Crippen molar-refractivity contribution in [3.8, 4) is 5.75 Å². The summed E-state index contributed by atoms with van der Waals surface area (Å²) in [4.78, 5) is 0. The van der Waals surface area contributed by atoms with E-state index in [2.05, 4.69) is 34.1 Å². The summed E-state index contributed by atoms with van der Waals surface area (Å²) in [6.07, 6.45) is 5.30. The molecule has 0 N–H and O–H groups in total. The highest BCUT2D eigenvalue weighted by atomic mass is 79.9. The number of halogens is 1. The maximum atomic E-state index is 5.12. The van der Waals surface area contributed by atoms with Crippen LogP contribution in [0, 0.1) is 0 Å². The normalized spacial score (nSPS) is 10.6. The van der Waals surface area contributed by atoms with Crippen molar-refractivity contribution in [1.82, 2.24) is 0 Å². The van der Waals surface area contributed by atoms with Gasteiger partial charge in [-0.1, -0.05) is 40.2 Å². The van der Waals surface area contributed by atoms with Gasteiger partial charge in [0.1, 0.15) is 5.75 Å². The summed E-state index contributed by atoms with van der Waals surface area (Å²) in [6.45, 7) is 0. The Hall–Kier alpha value is -0.760. The van der Waals surface area contributed by atoms with Crippen LogP contribution in [0.15, 0.2) is 30.3 Å². The van der Waals surface area contributed by atoms with Crippen molar-refractivity contribution < 1.29 is 4.74 Å². The van der Waals surface area contributed by atoms with E-state index in [-0.39, 0.29) is 0 Å². The Morgan fingerprint density at radius 2 is 2.31 bits per heavy atom. The third-order valence-electron chi connectivity index (χ3n) is 1.68. The van der Waals surface area contributed by atoms with Crippen LogP contribution in [0.3, 0.4) is 0 Å². The third-order valence-corrected chi connectivity index (χ3v) is 2.14. The molecule has 0 heterocycles. The Morgan fingerprint density at radius 1 is 1.46 bits per heavy atom. The van der Waals surface area contributed by atoms with Crippen LogP contribution >= 0.6 is 15.9 Å². The molecule has 0 bridgehead atoms. The zero-order valence-electron chi connectivity index (χ0n) is 7.66. The van der Waals surface area contributed by atoms with Crippen molar-refractivity contribution in [2.75, 3.05) is 12.4 Å². The van der Waals surface area contributed by atoms with E-state index in [1.165, 1.54) is 5.56 Å². The van der Waals surface area contributed by atoms with Gasteiger partial charge in [0.2, 0.25) is 0 Å². The lowest BCUT2D eigenvalue weighted by atomic mass is 10.2. The molecule has 70 valence electrons. The van der Waals surface area contributed by atoms with Crippen molar-refractivity contribution in [1.29, 1.82) is 0 Å². The molecular formula is C11H13BrO. The molecule has 0 saturated carbocycles. The second kappa shape index (κ2) is 5.81. The Bertz CT molecular complexity index is 281. The predicted molar refractivity (Wildman–Crippen MR) is 60.4 cm³/mol. The highest BCUT2D eigenvalue weighted by molar-refractivity contribution is 9.09. The lowest BCUT2D eigenvalue weighted by molar-refractivity contribution is 0.414. The molecule has 0 spiro atoms. The summed E-state index contributed by atoms with van der Waals surface area (Å²) in [6, 6.07) is 8.02. The maximum Gasteiger partial charge on any atom is 0.119 e. The van der Waals surface area contributed by atoms with Crippen molar-refractivity contribution >= 4 is 22.0 Å². The van der Waals surface area contributed by atoms with Gasteiger partial charge in [-0.25, -0.2) is 0 Å². The first-order chi connectivity index (χ1) is 6.36. The number of hydrogen-bond acceptors (Lipinski definition) is 1. The number of benzene rings is 1. The molecule has 0 aromatic heterocycles. The molecule has 0 aliphatic rings. The monoisotopic (exact) mass is 240 g/mol. The molecule has 0 amide bonds. The van der Waals surface area contributed by atoms with E-state index in [1.54, 1.807) is 7.11 Å². The molecule has 1 nitrogen and oxygen atoms in total. The first-order valence-electron chi connectivity index (χ1n) is 4.23. The molecule has 2 heteroatoms. The fraction of sp³-hybridized carbons (Fsp3) is 0.273. The largest absolute Gasteiger partial charge is 0.497 e. The van der Waals surface area contributed by atoms with E-state index in [4.69, 9.17) is 4.74 Å². The molecule has 0 saturated heterocycles. The molecule has 0 atom stereocenters. The summed E-state index contributed by atoms with van der Waals surface area (Å²) in [5, 5.41) is 1.01. The summed E-state index contributed by atoms with van der Waals surface area (Å²) in [7, 11) is 1.68. The molecule has 0 radical (unpaired) electrons. The fourth-order valence-corrected chi connectivity index (χ4v) is 1.29. The van der Waals surface area contributed by atoms with E-state index in [9.17, 15) is 0 Å². The molecule has 1 aromatic rings. The summed E-state index contributed by atoms with van der Waals surface area (Å²) >= 11 is 3.38. The van der Waals surface area contributed by atoms with E-state index in [0.717, 1.165) is 17.5 Å². The third kappa shape index (κ3) is 3.64. The molecule has 0 aliphatic carbocycles. The smallest absolute Gasteiger partial charge is 0.119 e. The highest BCUT2D eigenvalue weighted by Gasteiger charge is 1.90. The molecule has 0 aliphatic heterocycles. The van der Waals surface area contributed by atoms with E-state index >= 15 is 0 Å². The number of alkyl halides is 1. The van der Waals surface area contributed by atoms with Gasteiger partial charge in [0.15, 0.2) is 0 Å². The topological polar surface area (TPSA) is 9.23 Å². The molecular weight excluding hydrogens is 228 g/mol.